The number of halogens is 1. The molecule has 1 aliphatic rings. The van der Waals surface area contributed by atoms with Crippen LogP contribution in [0.4, 0.5) is 0 Å². The third-order valence-corrected chi connectivity index (χ3v) is 4.06. The minimum atomic E-state index is -0.830. The maximum Gasteiger partial charge on any atom is 0.303 e. The van der Waals surface area contributed by atoms with Gasteiger partial charge in [0, 0.05) is 11.5 Å². The molecule has 1 aliphatic carbocycles. The predicted octanol–water partition coefficient (Wildman–Crippen LogP) is 3.63. The first-order valence-electron chi connectivity index (χ1n) is 6.12. The van der Waals surface area contributed by atoms with Gasteiger partial charge in [-0.1, -0.05) is 11.6 Å². The van der Waals surface area contributed by atoms with Crippen molar-refractivity contribution < 1.29 is 15.0 Å². The third-order valence-electron chi connectivity index (χ3n) is 3.78. The number of carbonyl (C=O) groups is 1. The quantitative estimate of drug-likeness (QED) is 0.877. The topological polar surface area (TPSA) is 57.5 Å². The fourth-order valence-corrected chi connectivity index (χ4v) is 2.80. The van der Waals surface area contributed by atoms with Crippen molar-refractivity contribution >= 4 is 17.6 Å². The summed E-state index contributed by atoms with van der Waals surface area (Å²) >= 11 is 6.00. The summed E-state index contributed by atoms with van der Waals surface area (Å²) in [5.74, 6) is -0.537. The van der Waals surface area contributed by atoms with Crippen LogP contribution in [0.3, 0.4) is 0 Å². The van der Waals surface area contributed by atoms with E-state index < -0.39 is 5.97 Å². The first-order valence-corrected chi connectivity index (χ1v) is 6.50. The van der Waals surface area contributed by atoms with E-state index in [0.717, 1.165) is 29.5 Å². The van der Waals surface area contributed by atoms with Gasteiger partial charge in [-0.2, -0.15) is 0 Å². The summed E-state index contributed by atoms with van der Waals surface area (Å²) < 4.78 is 0. The van der Waals surface area contributed by atoms with Crippen LogP contribution in [0.25, 0.3) is 0 Å². The van der Waals surface area contributed by atoms with Gasteiger partial charge in [-0.3, -0.25) is 4.79 Å². The minimum absolute atomic E-state index is 0.0536. The number of aromatic hydroxyl groups is 1. The molecule has 0 saturated heterocycles. The normalized spacial score (nSPS) is 16.6. The average Bonchev–Trinajstić information content (AvgIpc) is 3.08. The molecule has 4 heteroatoms. The van der Waals surface area contributed by atoms with E-state index in [1.54, 1.807) is 6.07 Å². The van der Waals surface area contributed by atoms with Crippen LogP contribution in [0.15, 0.2) is 6.07 Å². The molecule has 1 aromatic rings. The summed E-state index contributed by atoms with van der Waals surface area (Å²) in [5.41, 5.74) is 2.67. The largest absolute Gasteiger partial charge is 0.506 e. The summed E-state index contributed by atoms with van der Waals surface area (Å²) in [7, 11) is 0. The second kappa shape index (κ2) is 4.81. The van der Waals surface area contributed by atoms with Crippen LogP contribution in [0, 0.1) is 19.8 Å². The standard InChI is InChI=1S/C14H17ClO3/c1-7-5-11(15)14(18)13(8(7)2)10(6-12(16)17)9-3-4-9/h5,9-10,18H,3-4,6H2,1-2H3,(H,16,17). The molecule has 1 saturated carbocycles. The van der Waals surface area contributed by atoms with Gasteiger partial charge in [0.05, 0.1) is 11.4 Å². The van der Waals surface area contributed by atoms with Crippen molar-refractivity contribution in [3.63, 3.8) is 0 Å². The third kappa shape index (κ3) is 2.46. The molecule has 0 aromatic heterocycles. The minimum Gasteiger partial charge on any atom is -0.506 e. The highest BCUT2D eigenvalue weighted by Gasteiger charge is 2.36. The molecular weight excluding hydrogens is 252 g/mol. The Balaban J connectivity index is 2.49. The van der Waals surface area contributed by atoms with Crippen LogP contribution in [-0.2, 0) is 4.79 Å². The molecule has 98 valence electrons. The molecule has 1 fully saturated rings. The maximum atomic E-state index is 11.0. The predicted molar refractivity (Wildman–Crippen MR) is 70.3 cm³/mol. The number of hydrogen-bond donors (Lipinski definition) is 2. The van der Waals surface area contributed by atoms with E-state index in [0.29, 0.717) is 10.9 Å². The monoisotopic (exact) mass is 268 g/mol. The van der Waals surface area contributed by atoms with E-state index in [4.69, 9.17) is 16.7 Å². The van der Waals surface area contributed by atoms with Crippen LogP contribution in [0.2, 0.25) is 5.02 Å². The molecule has 2 rings (SSSR count). The van der Waals surface area contributed by atoms with E-state index in [1.165, 1.54) is 0 Å². The van der Waals surface area contributed by atoms with Gasteiger partial charge >= 0.3 is 5.97 Å². The molecule has 1 aromatic carbocycles. The summed E-state index contributed by atoms with van der Waals surface area (Å²) in [6.45, 7) is 3.84. The van der Waals surface area contributed by atoms with Crippen LogP contribution in [-0.4, -0.2) is 16.2 Å². The second-order valence-corrected chi connectivity index (χ2v) is 5.51. The number of aryl methyl sites for hydroxylation is 1. The fourth-order valence-electron chi connectivity index (χ4n) is 2.53. The lowest BCUT2D eigenvalue weighted by molar-refractivity contribution is -0.137. The Hall–Kier alpha value is -1.22. The average molecular weight is 269 g/mol. The highest BCUT2D eigenvalue weighted by Crippen LogP contribution is 2.49. The first kappa shape index (κ1) is 13.2. The molecule has 0 spiro atoms. The van der Waals surface area contributed by atoms with Gasteiger partial charge in [-0.25, -0.2) is 0 Å². The highest BCUT2D eigenvalue weighted by atomic mass is 35.5. The number of carboxylic acids is 1. The van der Waals surface area contributed by atoms with Crippen LogP contribution >= 0.6 is 11.6 Å². The molecule has 0 heterocycles. The van der Waals surface area contributed by atoms with Crippen LogP contribution in [0.1, 0.15) is 41.9 Å². The second-order valence-electron chi connectivity index (χ2n) is 5.10. The van der Waals surface area contributed by atoms with Gasteiger partial charge in [0.1, 0.15) is 5.75 Å². The zero-order valence-electron chi connectivity index (χ0n) is 10.5. The van der Waals surface area contributed by atoms with Gasteiger partial charge in [0.15, 0.2) is 0 Å². The molecule has 0 aliphatic heterocycles. The number of carboxylic acid groups (broad SMARTS) is 1. The number of benzene rings is 1. The van der Waals surface area contributed by atoms with Gasteiger partial charge < -0.3 is 10.2 Å². The fraction of sp³-hybridized carbons (Fsp3) is 0.500. The van der Waals surface area contributed by atoms with Gasteiger partial charge in [0.2, 0.25) is 0 Å². The Morgan fingerprint density at radius 2 is 2.11 bits per heavy atom. The van der Waals surface area contributed by atoms with Crippen molar-refractivity contribution in [2.24, 2.45) is 5.92 Å². The highest BCUT2D eigenvalue weighted by molar-refractivity contribution is 6.32. The number of hydrogen-bond acceptors (Lipinski definition) is 2. The van der Waals surface area contributed by atoms with Crippen molar-refractivity contribution in [1.82, 2.24) is 0 Å². The molecule has 0 bridgehead atoms. The van der Waals surface area contributed by atoms with E-state index in [1.807, 2.05) is 13.8 Å². The number of rotatable bonds is 4. The van der Waals surface area contributed by atoms with E-state index >= 15 is 0 Å². The Kier molecular flexibility index (Phi) is 3.53. The lowest BCUT2D eigenvalue weighted by atomic mass is 9.85. The lowest BCUT2D eigenvalue weighted by Crippen LogP contribution is -2.11. The Morgan fingerprint density at radius 1 is 1.50 bits per heavy atom. The van der Waals surface area contributed by atoms with Gasteiger partial charge in [-0.15, -0.1) is 0 Å². The summed E-state index contributed by atoms with van der Waals surface area (Å²) in [6, 6.07) is 1.72. The van der Waals surface area contributed by atoms with E-state index in [-0.39, 0.29) is 18.1 Å². The Labute approximate surface area is 111 Å². The summed E-state index contributed by atoms with van der Waals surface area (Å²) in [5, 5.41) is 19.5. The molecule has 2 N–H and O–H groups in total. The van der Waals surface area contributed by atoms with E-state index in [2.05, 4.69) is 0 Å². The SMILES string of the molecule is Cc1cc(Cl)c(O)c(C(CC(=O)O)C2CC2)c1C. The Morgan fingerprint density at radius 3 is 2.61 bits per heavy atom. The first-order chi connectivity index (χ1) is 8.41. The van der Waals surface area contributed by atoms with E-state index in [9.17, 15) is 9.90 Å². The molecule has 0 radical (unpaired) electrons. The molecule has 1 atom stereocenters. The number of phenols is 1. The number of phenolic OH excluding ortho intramolecular Hbond substituents is 1. The molecule has 18 heavy (non-hydrogen) atoms. The molecule has 1 unspecified atom stereocenters. The van der Waals surface area contributed by atoms with Crippen LogP contribution in [0.5, 0.6) is 5.75 Å². The summed E-state index contributed by atoms with van der Waals surface area (Å²) in [6.07, 6.45) is 2.11. The Bertz CT molecular complexity index is 466. The zero-order chi connectivity index (χ0) is 13.4. The van der Waals surface area contributed by atoms with Crippen molar-refractivity contribution in [2.75, 3.05) is 0 Å². The van der Waals surface area contributed by atoms with Gasteiger partial charge in [0.25, 0.3) is 0 Å². The number of aliphatic carboxylic acids is 1. The molecule has 3 nitrogen and oxygen atoms in total. The van der Waals surface area contributed by atoms with Gasteiger partial charge in [-0.05, 0) is 49.8 Å². The smallest absolute Gasteiger partial charge is 0.303 e. The van der Waals surface area contributed by atoms with Crippen molar-refractivity contribution in [3.8, 4) is 5.75 Å². The zero-order valence-corrected chi connectivity index (χ0v) is 11.3. The van der Waals surface area contributed by atoms with Crippen molar-refractivity contribution in [1.29, 1.82) is 0 Å². The molecular formula is C14H17ClO3. The summed E-state index contributed by atoms with van der Waals surface area (Å²) in [4.78, 5) is 11.0. The van der Waals surface area contributed by atoms with Crippen LogP contribution < -0.4 is 0 Å². The van der Waals surface area contributed by atoms with Crippen molar-refractivity contribution in [2.45, 2.75) is 39.0 Å². The van der Waals surface area contributed by atoms with Crippen molar-refractivity contribution in [3.05, 3.63) is 27.8 Å². The lowest BCUT2D eigenvalue weighted by Gasteiger charge is -2.21. The maximum absolute atomic E-state index is 11.0. The molecule has 0 amide bonds.